The highest BCUT2D eigenvalue weighted by molar-refractivity contribution is 9.10. The summed E-state index contributed by atoms with van der Waals surface area (Å²) in [6.07, 6.45) is 0. The lowest BCUT2D eigenvalue weighted by Gasteiger charge is -2.18. The van der Waals surface area contributed by atoms with E-state index in [1.165, 1.54) is 23.1 Å². The van der Waals surface area contributed by atoms with Crippen LogP contribution in [0.25, 0.3) is 0 Å². The summed E-state index contributed by atoms with van der Waals surface area (Å²) in [7, 11) is 3.18. The maximum absolute atomic E-state index is 11.8. The molecule has 0 radical (unpaired) electrons. The summed E-state index contributed by atoms with van der Waals surface area (Å²) in [5.74, 6) is -1.34. The maximum atomic E-state index is 11.8. The van der Waals surface area contributed by atoms with Crippen LogP contribution in [-0.4, -0.2) is 48.1 Å². The molecule has 114 valence electrons. The summed E-state index contributed by atoms with van der Waals surface area (Å²) in [5.41, 5.74) is 0.350. The molecule has 8 heteroatoms. The van der Waals surface area contributed by atoms with Crippen molar-refractivity contribution in [3.63, 3.8) is 0 Å². The lowest BCUT2D eigenvalue weighted by atomic mass is 10.2. The van der Waals surface area contributed by atoms with E-state index in [9.17, 15) is 14.4 Å². The minimum atomic E-state index is -1.10. The maximum Gasteiger partial charge on any atom is 0.335 e. The van der Waals surface area contributed by atoms with Gasteiger partial charge in [-0.1, -0.05) is 0 Å². The molecular formula is C13H16BrN3O4. The number of aromatic carboxylic acids is 1. The number of halogens is 1. The molecule has 0 heterocycles. The first-order chi connectivity index (χ1) is 9.72. The van der Waals surface area contributed by atoms with Crippen molar-refractivity contribution in [2.45, 2.75) is 13.0 Å². The molecule has 0 aliphatic heterocycles. The highest BCUT2D eigenvalue weighted by atomic mass is 79.9. The number of hydrogen-bond acceptors (Lipinski definition) is 3. The van der Waals surface area contributed by atoms with Gasteiger partial charge in [0.15, 0.2) is 0 Å². The van der Waals surface area contributed by atoms with Gasteiger partial charge in [0.05, 0.1) is 11.3 Å². The molecule has 3 amide bonds. The van der Waals surface area contributed by atoms with Crippen molar-refractivity contribution in [3.05, 3.63) is 28.2 Å². The van der Waals surface area contributed by atoms with Crippen molar-refractivity contribution in [1.82, 2.24) is 10.2 Å². The molecule has 1 rings (SSSR count). The molecule has 1 unspecified atom stereocenters. The van der Waals surface area contributed by atoms with E-state index in [0.717, 1.165) is 0 Å². The number of hydrogen-bond donors (Lipinski definition) is 3. The Morgan fingerprint density at radius 2 is 1.90 bits per heavy atom. The largest absolute Gasteiger partial charge is 0.478 e. The van der Waals surface area contributed by atoms with Crippen molar-refractivity contribution in [1.29, 1.82) is 0 Å². The third-order valence-electron chi connectivity index (χ3n) is 2.62. The van der Waals surface area contributed by atoms with Gasteiger partial charge in [0.1, 0.15) is 6.04 Å². The Labute approximate surface area is 130 Å². The monoisotopic (exact) mass is 357 g/mol. The van der Waals surface area contributed by atoms with E-state index in [4.69, 9.17) is 5.11 Å². The van der Waals surface area contributed by atoms with E-state index in [1.54, 1.807) is 21.0 Å². The predicted octanol–water partition coefficient (Wildman–Crippen LogP) is 1.75. The fourth-order valence-corrected chi connectivity index (χ4v) is 1.90. The van der Waals surface area contributed by atoms with Gasteiger partial charge >= 0.3 is 12.0 Å². The molecule has 3 N–H and O–H groups in total. The van der Waals surface area contributed by atoms with Gasteiger partial charge in [-0.3, -0.25) is 4.79 Å². The van der Waals surface area contributed by atoms with Gasteiger partial charge in [0.2, 0.25) is 5.91 Å². The van der Waals surface area contributed by atoms with Crippen molar-refractivity contribution in [2.24, 2.45) is 0 Å². The molecule has 0 aliphatic rings. The number of nitrogens with zero attached hydrogens (tertiary/aromatic N) is 1. The number of nitrogens with one attached hydrogen (secondary N) is 2. The minimum absolute atomic E-state index is 0.0471. The van der Waals surface area contributed by atoms with Crippen LogP contribution in [0.3, 0.4) is 0 Å². The Morgan fingerprint density at radius 1 is 1.29 bits per heavy atom. The van der Waals surface area contributed by atoms with Crippen molar-refractivity contribution in [3.8, 4) is 0 Å². The Kier molecular flexibility index (Phi) is 5.71. The molecule has 21 heavy (non-hydrogen) atoms. The zero-order chi connectivity index (χ0) is 16.2. The number of carbonyl (C=O) groups excluding carboxylic acids is 2. The van der Waals surface area contributed by atoms with Crippen LogP contribution in [0.2, 0.25) is 0 Å². The van der Waals surface area contributed by atoms with Crippen molar-refractivity contribution < 1.29 is 19.5 Å². The van der Waals surface area contributed by atoms with E-state index in [1.807, 2.05) is 0 Å². The van der Waals surface area contributed by atoms with Crippen LogP contribution in [-0.2, 0) is 4.79 Å². The van der Waals surface area contributed by atoms with E-state index in [-0.39, 0.29) is 11.5 Å². The number of amides is 3. The quantitative estimate of drug-likeness (QED) is 0.764. The normalized spacial score (nSPS) is 11.4. The lowest BCUT2D eigenvalue weighted by Crippen LogP contribution is -2.45. The van der Waals surface area contributed by atoms with Gasteiger partial charge in [-0.2, -0.15) is 0 Å². The number of benzene rings is 1. The summed E-state index contributed by atoms with van der Waals surface area (Å²) < 4.78 is 0.536. The number of anilines is 1. The second-order valence-electron chi connectivity index (χ2n) is 4.55. The Hall–Kier alpha value is -2.09. The number of rotatable bonds is 4. The second-order valence-corrected chi connectivity index (χ2v) is 5.41. The zero-order valence-corrected chi connectivity index (χ0v) is 13.4. The van der Waals surface area contributed by atoms with E-state index in [2.05, 4.69) is 26.6 Å². The number of carboxylic acids is 1. The molecule has 0 spiro atoms. The fraction of sp³-hybridized carbons (Fsp3) is 0.308. The molecule has 7 nitrogen and oxygen atoms in total. The molecule has 1 aromatic carbocycles. The van der Waals surface area contributed by atoms with Crippen LogP contribution in [0.4, 0.5) is 10.5 Å². The van der Waals surface area contributed by atoms with Crippen LogP contribution in [0.1, 0.15) is 17.3 Å². The second kappa shape index (κ2) is 7.07. The molecule has 0 aromatic heterocycles. The molecule has 1 atom stereocenters. The Balaban J connectivity index is 2.77. The summed E-state index contributed by atoms with van der Waals surface area (Å²) in [6, 6.07) is 2.97. The fourth-order valence-electron chi connectivity index (χ4n) is 1.56. The van der Waals surface area contributed by atoms with E-state index < -0.39 is 18.0 Å². The smallest absolute Gasteiger partial charge is 0.335 e. The third kappa shape index (κ3) is 4.75. The Bertz CT molecular complexity index is 575. The molecule has 1 aromatic rings. The summed E-state index contributed by atoms with van der Waals surface area (Å²) in [5, 5.41) is 13.9. The number of carboxylic acid groups (broad SMARTS) is 1. The average molecular weight is 358 g/mol. The van der Waals surface area contributed by atoms with Gasteiger partial charge in [-0.25, -0.2) is 9.59 Å². The first-order valence-corrected chi connectivity index (χ1v) is 6.83. The molecular weight excluding hydrogens is 342 g/mol. The number of likely N-dealkylation sites (N-methyl/N-ethyl adjacent to an activating group) is 1. The predicted molar refractivity (Wildman–Crippen MR) is 81.4 cm³/mol. The first-order valence-electron chi connectivity index (χ1n) is 6.04. The van der Waals surface area contributed by atoms with Crippen molar-refractivity contribution in [2.75, 3.05) is 19.4 Å². The Morgan fingerprint density at radius 3 is 2.43 bits per heavy atom. The molecule has 0 bridgehead atoms. The molecule has 0 aliphatic carbocycles. The van der Waals surface area contributed by atoms with Crippen LogP contribution in [0.5, 0.6) is 0 Å². The van der Waals surface area contributed by atoms with Gasteiger partial charge < -0.3 is 20.6 Å². The van der Waals surface area contributed by atoms with Gasteiger partial charge in [0, 0.05) is 18.6 Å². The average Bonchev–Trinajstić information content (AvgIpc) is 2.39. The number of urea groups is 1. The SMILES string of the molecule is CC(NC(=O)Nc1cc(C(=O)O)ccc1Br)C(=O)N(C)C. The molecule has 0 saturated heterocycles. The van der Waals surface area contributed by atoms with Crippen LogP contribution >= 0.6 is 15.9 Å². The zero-order valence-electron chi connectivity index (χ0n) is 11.8. The third-order valence-corrected chi connectivity index (χ3v) is 3.31. The highest BCUT2D eigenvalue weighted by Gasteiger charge is 2.18. The van der Waals surface area contributed by atoms with Gasteiger partial charge in [-0.15, -0.1) is 0 Å². The van der Waals surface area contributed by atoms with Gasteiger partial charge in [0.25, 0.3) is 0 Å². The van der Waals surface area contributed by atoms with Crippen LogP contribution in [0, 0.1) is 0 Å². The minimum Gasteiger partial charge on any atom is -0.478 e. The lowest BCUT2D eigenvalue weighted by molar-refractivity contribution is -0.130. The molecule has 0 saturated carbocycles. The standard InChI is InChI=1S/C13H16BrN3O4/c1-7(11(18)17(2)3)15-13(21)16-10-6-8(12(19)20)4-5-9(10)14/h4-7H,1-3H3,(H,19,20)(H2,15,16,21). The summed E-state index contributed by atoms with van der Waals surface area (Å²) in [6.45, 7) is 1.56. The molecule has 0 fully saturated rings. The first kappa shape index (κ1) is 17.0. The van der Waals surface area contributed by atoms with E-state index >= 15 is 0 Å². The number of carbonyl (C=O) groups is 3. The van der Waals surface area contributed by atoms with Gasteiger partial charge in [-0.05, 0) is 41.1 Å². The van der Waals surface area contributed by atoms with Crippen molar-refractivity contribution >= 4 is 39.5 Å². The topological polar surface area (TPSA) is 98.7 Å². The van der Waals surface area contributed by atoms with Crippen LogP contribution < -0.4 is 10.6 Å². The highest BCUT2D eigenvalue weighted by Crippen LogP contribution is 2.23. The van der Waals surface area contributed by atoms with E-state index in [0.29, 0.717) is 10.2 Å². The summed E-state index contributed by atoms with van der Waals surface area (Å²) >= 11 is 3.22. The van der Waals surface area contributed by atoms with Crippen LogP contribution in [0.15, 0.2) is 22.7 Å². The summed E-state index contributed by atoms with van der Waals surface area (Å²) in [4.78, 5) is 35.7.